The molecule has 0 heterocycles. The van der Waals surface area contributed by atoms with Crippen LogP contribution in [-0.2, 0) is 16.0 Å². The molecular weight excluding hydrogens is 268 g/mol. The molecule has 0 bridgehead atoms. The first kappa shape index (κ1) is 17.2. The molecule has 21 heavy (non-hydrogen) atoms. The zero-order valence-electron chi connectivity index (χ0n) is 12.7. The number of carboxylic acid groups (broad SMARTS) is 1. The molecule has 1 rings (SSSR count). The Labute approximate surface area is 126 Å². The van der Waals surface area contributed by atoms with Crippen molar-refractivity contribution in [1.29, 1.82) is 0 Å². The molecule has 1 amide bonds. The number of carbonyl (C=O) groups excluding carboxylic acids is 1. The van der Waals surface area contributed by atoms with Crippen molar-refractivity contribution in [2.45, 2.75) is 20.3 Å². The summed E-state index contributed by atoms with van der Waals surface area (Å²) in [6.45, 7) is 5.18. The van der Waals surface area contributed by atoms with E-state index in [2.05, 4.69) is 5.32 Å². The summed E-state index contributed by atoms with van der Waals surface area (Å²) in [6.07, 6.45) is 0.774. The molecule has 0 fully saturated rings. The van der Waals surface area contributed by atoms with Crippen LogP contribution in [0.3, 0.4) is 0 Å². The number of benzene rings is 1. The van der Waals surface area contributed by atoms with E-state index in [9.17, 15) is 9.59 Å². The first-order valence-corrected chi connectivity index (χ1v) is 7.22. The summed E-state index contributed by atoms with van der Waals surface area (Å²) < 4.78 is 0. The fourth-order valence-corrected chi connectivity index (χ4v) is 2.14. The fraction of sp³-hybridized carbons (Fsp3) is 0.500. The van der Waals surface area contributed by atoms with Crippen LogP contribution in [-0.4, -0.2) is 48.1 Å². The second-order valence-electron chi connectivity index (χ2n) is 5.54. The van der Waals surface area contributed by atoms with E-state index in [-0.39, 0.29) is 19.0 Å². The lowest BCUT2D eigenvalue weighted by Crippen LogP contribution is -2.41. The molecule has 1 aromatic carbocycles. The summed E-state index contributed by atoms with van der Waals surface area (Å²) in [5.41, 5.74) is 1.17. The van der Waals surface area contributed by atoms with Gasteiger partial charge in [0.1, 0.15) is 0 Å². The Bertz CT molecular complexity index is 446. The lowest BCUT2D eigenvalue weighted by Gasteiger charge is -2.21. The van der Waals surface area contributed by atoms with Crippen molar-refractivity contribution in [1.82, 2.24) is 10.2 Å². The minimum atomic E-state index is -0.910. The maximum Gasteiger partial charge on any atom is 0.317 e. The number of nitrogens with zero attached hydrogens (tertiary/aromatic N) is 1. The molecule has 5 heteroatoms. The summed E-state index contributed by atoms with van der Waals surface area (Å²) in [6, 6.07) is 9.92. The molecule has 0 saturated carbocycles. The number of amides is 1. The number of carbonyl (C=O) groups is 2. The van der Waals surface area contributed by atoms with Crippen LogP contribution in [0.2, 0.25) is 0 Å². The Balaban J connectivity index is 2.34. The molecule has 116 valence electrons. The topological polar surface area (TPSA) is 69.6 Å². The molecule has 5 nitrogen and oxygen atoms in total. The van der Waals surface area contributed by atoms with Crippen molar-refractivity contribution in [3.63, 3.8) is 0 Å². The van der Waals surface area contributed by atoms with Crippen molar-refractivity contribution in [2.24, 2.45) is 5.92 Å². The van der Waals surface area contributed by atoms with Gasteiger partial charge in [0.15, 0.2) is 0 Å². The third-order valence-corrected chi connectivity index (χ3v) is 2.93. The summed E-state index contributed by atoms with van der Waals surface area (Å²) in [7, 11) is 0. The zero-order chi connectivity index (χ0) is 15.7. The van der Waals surface area contributed by atoms with E-state index in [0.29, 0.717) is 19.0 Å². The number of rotatable bonds is 9. The SMILES string of the molecule is CC(C)CN(CC(=O)O)CC(=O)NCCc1ccccc1. The number of hydrogen-bond acceptors (Lipinski definition) is 3. The van der Waals surface area contributed by atoms with E-state index >= 15 is 0 Å². The Morgan fingerprint density at radius 3 is 2.43 bits per heavy atom. The van der Waals surface area contributed by atoms with Gasteiger partial charge in [0.2, 0.25) is 5.91 Å². The monoisotopic (exact) mass is 292 g/mol. The van der Waals surface area contributed by atoms with Crippen LogP contribution in [0.25, 0.3) is 0 Å². The second kappa shape index (κ2) is 9.13. The minimum Gasteiger partial charge on any atom is -0.480 e. The van der Waals surface area contributed by atoms with Crippen LogP contribution >= 0.6 is 0 Å². The van der Waals surface area contributed by atoms with Gasteiger partial charge in [0.05, 0.1) is 13.1 Å². The standard InChI is InChI=1S/C16H24N2O3/c1-13(2)10-18(12-16(20)21)11-15(19)17-9-8-14-6-4-3-5-7-14/h3-7,13H,8-12H2,1-2H3,(H,17,19)(H,20,21). The van der Waals surface area contributed by atoms with E-state index in [1.165, 1.54) is 5.56 Å². The number of hydrogen-bond donors (Lipinski definition) is 2. The summed E-state index contributed by atoms with van der Waals surface area (Å²) in [5.74, 6) is -0.720. The normalized spacial score (nSPS) is 10.9. The molecule has 0 unspecified atom stereocenters. The molecule has 0 radical (unpaired) electrons. The number of carboxylic acids is 1. The molecule has 0 aliphatic carbocycles. The van der Waals surface area contributed by atoms with Gasteiger partial charge in [0, 0.05) is 13.1 Å². The van der Waals surface area contributed by atoms with Gasteiger partial charge in [-0.15, -0.1) is 0 Å². The van der Waals surface area contributed by atoms with Gasteiger partial charge >= 0.3 is 5.97 Å². The molecule has 0 aromatic heterocycles. The van der Waals surface area contributed by atoms with E-state index < -0.39 is 5.97 Å². The predicted molar refractivity (Wildman–Crippen MR) is 82.1 cm³/mol. The van der Waals surface area contributed by atoms with E-state index in [1.54, 1.807) is 4.90 Å². The quantitative estimate of drug-likeness (QED) is 0.721. The van der Waals surface area contributed by atoms with Gasteiger partial charge in [-0.1, -0.05) is 44.2 Å². The Morgan fingerprint density at radius 2 is 1.86 bits per heavy atom. The van der Waals surface area contributed by atoms with Crippen LogP contribution in [0, 0.1) is 5.92 Å². The number of nitrogens with one attached hydrogen (secondary N) is 1. The summed E-state index contributed by atoms with van der Waals surface area (Å²) in [5, 5.41) is 11.7. The maximum absolute atomic E-state index is 11.9. The molecule has 0 saturated heterocycles. The van der Waals surface area contributed by atoms with Gasteiger partial charge in [-0.25, -0.2) is 0 Å². The highest BCUT2D eigenvalue weighted by Crippen LogP contribution is 2.00. The van der Waals surface area contributed by atoms with Gasteiger partial charge < -0.3 is 10.4 Å². The predicted octanol–water partition coefficient (Wildman–Crippen LogP) is 1.39. The number of aliphatic carboxylic acids is 1. The highest BCUT2D eigenvalue weighted by molar-refractivity contribution is 5.79. The average Bonchev–Trinajstić information content (AvgIpc) is 2.38. The van der Waals surface area contributed by atoms with E-state index in [0.717, 1.165) is 6.42 Å². The van der Waals surface area contributed by atoms with Crippen LogP contribution in [0.1, 0.15) is 19.4 Å². The lowest BCUT2D eigenvalue weighted by molar-refractivity contribution is -0.138. The van der Waals surface area contributed by atoms with Crippen molar-refractivity contribution < 1.29 is 14.7 Å². The van der Waals surface area contributed by atoms with Crippen molar-refractivity contribution >= 4 is 11.9 Å². The Morgan fingerprint density at radius 1 is 1.19 bits per heavy atom. The van der Waals surface area contributed by atoms with Gasteiger partial charge in [-0.05, 0) is 17.9 Å². The smallest absolute Gasteiger partial charge is 0.317 e. The highest BCUT2D eigenvalue weighted by Gasteiger charge is 2.14. The highest BCUT2D eigenvalue weighted by atomic mass is 16.4. The molecule has 0 spiro atoms. The third kappa shape index (κ3) is 8.09. The minimum absolute atomic E-state index is 0.107. The first-order chi connectivity index (χ1) is 9.97. The van der Waals surface area contributed by atoms with Crippen LogP contribution in [0.4, 0.5) is 0 Å². The van der Waals surface area contributed by atoms with Crippen molar-refractivity contribution in [3.05, 3.63) is 35.9 Å². The first-order valence-electron chi connectivity index (χ1n) is 7.22. The van der Waals surface area contributed by atoms with Gasteiger partial charge in [-0.2, -0.15) is 0 Å². The van der Waals surface area contributed by atoms with Crippen LogP contribution < -0.4 is 5.32 Å². The molecule has 0 aliphatic rings. The van der Waals surface area contributed by atoms with Crippen LogP contribution in [0.5, 0.6) is 0 Å². The molecule has 2 N–H and O–H groups in total. The Hall–Kier alpha value is -1.88. The van der Waals surface area contributed by atoms with E-state index in [1.807, 2.05) is 44.2 Å². The molecular formula is C16H24N2O3. The fourth-order valence-electron chi connectivity index (χ4n) is 2.14. The molecule has 0 atom stereocenters. The van der Waals surface area contributed by atoms with Gasteiger partial charge in [-0.3, -0.25) is 14.5 Å². The lowest BCUT2D eigenvalue weighted by atomic mass is 10.1. The zero-order valence-corrected chi connectivity index (χ0v) is 12.7. The van der Waals surface area contributed by atoms with E-state index in [4.69, 9.17) is 5.11 Å². The Kier molecular flexibility index (Phi) is 7.46. The summed E-state index contributed by atoms with van der Waals surface area (Å²) in [4.78, 5) is 24.3. The third-order valence-electron chi connectivity index (χ3n) is 2.93. The van der Waals surface area contributed by atoms with Gasteiger partial charge in [0.25, 0.3) is 0 Å². The largest absolute Gasteiger partial charge is 0.480 e. The summed E-state index contributed by atoms with van der Waals surface area (Å²) >= 11 is 0. The maximum atomic E-state index is 11.9. The van der Waals surface area contributed by atoms with Crippen LogP contribution in [0.15, 0.2) is 30.3 Å². The van der Waals surface area contributed by atoms with Crippen molar-refractivity contribution in [3.8, 4) is 0 Å². The second-order valence-corrected chi connectivity index (χ2v) is 5.54. The molecule has 0 aliphatic heterocycles. The molecule has 1 aromatic rings. The average molecular weight is 292 g/mol. The van der Waals surface area contributed by atoms with Crippen molar-refractivity contribution in [2.75, 3.05) is 26.2 Å².